The molecule has 8 nitrogen and oxygen atoms in total. The largest absolute Gasteiger partial charge is 0.352 e. The Morgan fingerprint density at radius 1 is 0.853 bits per heavy atom. The first kappa shape index (κ1) is 24.9. The van der Waals surface area contributed by atoms with E-state index in [1.807, 2.05) is 42.5 Å². The van der Waals surface area contributed by atoms with Crippen molar-refractivity contribution in [2.75, 3.05) is 11.9 Å². The Balaban J connectivity index is 1.31. The minimum atomic E-state index is -0.644. The lowest BCUT2D eigenvalue weighted by atomic mass is 10.1. The predicted molar refractivity (Wildman–Crippen MR) is 129 cm³/mol. The third kappa shape index (κ3) is 7.67. The van der Waals surface area contributed by atoms with Gasteiger partial charge in [-0.15, -0.1) is 0 Å². The number of carbonyl (C=O) groups is 4. The molecule has 4 N–H and O–H groups in total. The molecule has 4 amide bonds. The van der Waals surface area contributed by atoms with Crippen LogP contribution in [0.3, 0.4) is 0 Å². The highest BCUT2D eigenvalue weighted by Gasteiger charge is 2.22. The van der Waals surface area contributed by atoms with Crippen molar-refractivity contribution in [3.8, 4) is 0 Å². The maximum atomic E-state index is 12.3. The Hall–Kier alpha value is -3.78. The molecule has 34 heavy (non-hydrogen) atoms. The second-order valence-electron chi connectivity index (χ2n) is 8.23. The van der Waals surface area contributed by atoms with Gasteiger partial charge in [-0.25, -0.2) is 0 Å². The summed E-state index contributed by atoms with van der Waals surface area (Å²) >= 11 is 0. The van der Waals surface area contributed by atoms with Crippen LogP contribution < -0.4 is 16.4 Å². The number of nitrogens with zero attached hydrogens (tertiary/aromatic N) is 1. The van der Waals surface area contributed by atoms with Crippen molar-refractivity contribution in [1.82, 2.24) is 10.2 Å². The van der Waals surface area contributed by atoms with E-state index < -0.39 is 6.04 Å². The number of benzene rings is 2. The number of nitrogens with two attached hydrogens (primary N) is 1. The molecule has 2 aromatic rings. The zero-order valence-electron chi connectivity index (χ0n) is 19.0. The lowest BCUT2D eigenvalue weighted by molar-refractivity contribution is -0.137. The maximum absolute atomic E-state index is 12.3. The molecular formula is C26H30N4O4. The zero-order valence-corrected chi connectivity index (χ0v) is 19.0. The predicted octanol–water partition coefficient (Wildman–Crippen LogP) is 2.30. The van der Waals surface area contributed by atoms with Crippen LogP contribution in [-0.4, -0.2) is 41.1 Å². The molecule has 178 valence electrons. The van der Waals surface area contributed by atoms with Crippen LogP contribution in [0.4, 0.5) is 5.69 Å². The van der Waals surface area contributed by atoms with Crippen LogP contribution in [0.2, 0.25) is 0 Å². The van der Waals surface area contributed by atoms with E-state index in [0.717, 1.165) is 17.5 Å². The monoisotopic (exact) mass is 462 g/mol. The fourth-order valence-electron chi connectivity index (χ4n) is 3.57. The van der Waals surface area contributed by atoms with Gasteiger partial charge in [0.25, 0.3) is 11.8 Å². The summed E-state index contributed by atoms with van der Waals surface area (Å²) in [4.78, 5) is 48.6. The lowest BCUT2D eigenvalue weighted by Gasteiger charge is -2.13. The molecule has 0 aliphatic carbocycles. The fraction of sp³-hybridized carbons (Fsp3) is 0.308. The summed E-state index contributed by atoms with van der Waals surface area (Å²) in [5.41, 5.74) is 8.58. The van der Waals surface area contributed by atoms with Crippen molar-refractivity contribution >= 4 is 29.3 Å². The van der Waals surface area contributed by atoms with Gasteiger partial charge in [0.2, 0.25) is 11.8 Å². The Bertz CT molecular complexity index is 1020. The number of rotatable bonds is 12. The van der Waals surface area contributed by atoms with E-state index in [-0.39, 0.29) is 23.6 Å². The SMILES string of the molecule is N[C@@H](Cc1ccccc1)C(=O)Nc1ccc(CNC(=O)CCCCCN2C(=O)C=CC2=O)cc1. The van der Waals surface area contributed by atoms with E-state index in [1.165, 1.54) is 17.1 Å². The van der Waals surface area contributed by atoms with Crippen LogP contribution >= 0.6 is 0 Å². The van der Waals surface area contributed by atoms with Gasteiger partial charge in [-0.3, -0.25) is 24.1 Å². The van der Waals surface area contributed by atoms with Gasteiger partial charge in [0.15, 0.2) is 0 Å². The summed E-state index contributed by atoms with van der Waals surface area (Å²) in [5.74, 6) is -0.856. The second kappa shape index (κ2) is 12.5. The number of imide groups is 1. The van der Waals surface area contributed by atoms with Crippen LogP contribution in [-0.2, 0) is 32.1 Å². The van der Waals surface area contributed by atoms with Gasteiger partial charge in [-0.05, 0) is 42.5 Å². The standard InChI is InChI=1S/C26H30N4O4/c27-22(17-19-7-3-1-4-8-19)26(34)29-21-12-10-20(11-13-21)18-28-23(31)9-5-2-6-16-30-24(32)14-15-25(30)33/h1,3-4,7-8,10-15,22H,2,5-6,9,16-18,27H2,(H,28,31)(H,29,34)/t22-/m0/s1. The fourth-order valence-corrected chi connectivity index (χ4v) is 3.57. The van der Waals surface area contributed by atoms with Gasteiger partial charge < -0.3 is 16.4 Å². The molecule has 8 heteroatoms. The van der Waals surface area contributed by atoms with Crippen LogP contribution in [0.5, 0.6) is 0 Å². The van der Waals surface area contributed by atoms with Crippen molar-refractivity contribution < 1.29 is 19.2 Å². The summed E-state index contributed by atoms with van der Waals surface area (Å²) in [6, 6.07) is 16.2. The first-order valence-corrected chi connectivity index (χ1v) is 11.4. The Morgan fingerprint density at radius 2 is 1.53 bits per heavy atom. The van der Waals surface area contributed by atoms with E-state index in [4.69, 9.17) is 5.73 Å². The molecule has 0 unspecified atom stereocenters. The van der Waals surface area contributed by atoms with E-state index in [2.05, 4.69) is 10.6 Å². The molecule has 0 saturated carbocycles. The Labute approximate surface area is 199 Å². The number of carbonyl (C=O) groups excluding carboxylic acids is 4. The van der Waals surface area contributed by atoms with Crippen molar-refractivity contribution in [2.45, 2.75) is 44.7 Å². The molecule has 0 saturated heterocycles. The smallest absolute Gasteiger partial charge is 0.253 e. The third-order valence-electron chi connectivity index (χ3n) is 5.53. The van der Waals surface area contributed by atoms with Gasteiger partial charge in [-0.2, -0.15) is 0 Å². The minimum absolute atomic E-state index is 0.0562. The van der Waals surface area contributed by atoms with Gasteiger partial charge in [0.05, 0.1) is 6.04 Å². The molecular weight excluding hydrogens is 432 g/mol. The van der Waals surface area contributed by atoms with Crippen LogP contribution in [0.15, 0.2) is 66.7 Å². The Morgan fingerprint density at radius 3 is 2.21 bits per heavy atom. The maximum Gasteiger partial charge on any atom is 0.253 e. The molecule has 0 radical (unpaired) electrons. The number of hydrogen-bond donors (Lipinski definition) is 3. The first-order chi connectivity index (χ1) is 16.4. The highest BCUT2D eigenvalue weighted by molar-refractivity contribution is 6.12. The summed E-state index contributed by atoms with van der Waals surface area (Å²) in [5, 5.41) is 5.69. The lowest BCUT2D eigenvalue weighted by Crippen LogP contribution is -2.37. The number of amides is 4. The van der Waals surface area contributed by atoms with Gasteiger partial charge >= 0.3 is 0 Å². The summed E-state index contributed by atoms with van der Waals surface area (Å²) in [6.07, 6.45) is 5.51. The number of nitrogens with one attached hydrogen (secondary N) is 2. The summed E-state index contributed by atoms with van der Waals surface area (Å²) in [6.45, 7) is 0.773. The molecule has 0 aromatic heterocycles. The van der Waals surface area contributed by atoms with Gasteiger partial charge in [0.1, 0.15) is 0 Å². The molecule has 1 heterocycles. The quantitative estimate of drug-likeness (QED) is 0.330. The molecule has 0 spiro atoms. The average molecular weight is 463 g/mol. The Kier molecular flexibility index (Phi) is 9.11. The molecule has 0 bridgehead atoms. The average Bonchev–Trinajstić information content (AvgIpc) is 3.16. The van der Waals surface area contributed by atoms with E-state index in [1.54, 1.807) is 12.1 Å². The van der Waals surface area contributed by atoms with Crippen LogP contribution in [0, 0.1) is 0 Å². The molecule has 1 atom stereocenters. The number of hydrogen-bond acceptors (Lipinski definition) is 5. The van der Waals surface area contributed by atoms with E-state index in [0.29, 0.717) is 44.5 Å². The molecule has 1 aliphatic heterocycles. The van der Waals surface area contributed by atoms with Crippen molar-refractivity contribution in [2.24, 2.45) is 5.73 Å². The number of unbranched alkanes of at least 4 members (excludes halogenated alkanes) is 2. The molecule has 1 aliphatic rings. The molecule has 0 fully saturated rings. The summed E-state index contributed by atoms with van der Waals surface area (Å²) in [7, 11) is 0. The zero-order chi connectivity index (χ0) is 24.3. The topological polar surface area (TPSA) is 122 Å². The molecule has 3 rings (SSSR count). The van der Waals surface area contributed by atoms with Crippen molar-refractivity contribution in [3.63, 3.8) is 0 Å². The van der Waals surface area contributed by atoms with Crippen molar-refractivity contribution in [1.29, 1.82) is 0 Å². The van der Waals surface area contributed by atoms with E-state index in [9.17, 15) is 19.2 Å². The van der Waals surface area contributed by atoms with Gasteiger partial charge in [-0.1, -0.05) is 48.9 Å². The highest BCUT2D eigenvalue weighted by Crippen LogP contribution is 2.12. The van der Waals surface area contributed by atoms with Gasteiger partial charge in [0, 0.05) is 37.3 Å². The first-order valence-electron chi connectivity index (χ1n) is 11.4. The highest BCUT2D eigenvalue weighted by atomic mass is 16.2. The second-order valence-corrected chi connectivity index (χ2v) is 8.23. The van der Waals surface area contributed by atoms with Crippen LogP contribution in [0.25, 0.3) is 0 Å². The van der Waals surface area contributed by atoms with E-state index >= 15 is 0 Å². The number of anilines is 1. The van der Waals surface area contributed by atoms with Crippen molar-refractivity contribution in [3.05, 3.63) is 77.9 Å². The van der Waals surface area contributed by atoms with Crippen LogP contribution in [0.1, 0.15) is 36.8 Å². The minimum Gasteiger partial charge on any atom is -0.352 e. The normalized spacial score (nSPS) is 13.7. The summed E-state index contributed by atoms with van der Waals surface area (Å²) < 4.78 is 0. The third-order valence-corrected chi connectivity index (χ3v) is 5.53. The molecule has 2 aromatic carbocycles.